The molecule has 1 saturated heterocycles. The SMILES string of the molecule is O=C(NCc1ccncc1)c1nc(C(=O)N2CCCC2)c2n1CCCC2. The van der Waals surface area contributed by atoms with Gasteiger partial charge in [0.25, 0.3) is 11.8 Å². The minimum absolute atomic E-state index is 0.0265. The summed E-state index contributed by atoms with van der Waals surface area (Å²) in [5, 5.41) is 2.91. The molecule has 2 amide bonds. The van der Waals surface area contributed by atoms with Crippen molar-refractivity contribution in [2.45, 2.75) is 45.2 Å². The van der Waals surface area contributed by atoms with E-state index in [0.29, 0.717) is 18.1 Å². The van der Waals surface area contributed by atoms with Crippen molar-refractivity contribution in [3.05, 3.63) is 47.3 Å². The summed E-state index contributed by atoms with van der Waals surface area (Å²) < 4.78 is 1.94. The molecule has 0 atom stereocenters. The number of carbonyl (C=O) groups excluding carboxylic acids is 2. The molecule has 2 aliphatic heterocycles. The van der Waals surface area contributed by atoms with Crippen molar-refractivity contribution in [2.75, 3.05) is 13.1 Å². The van der Waals surface area contributed by atoms with Crippen LogP contribution in [0.25, 0.3) is 0 Å². The molecule has 0 saturated carbocycles. The van der Waals surface area contributed by atoms with E-state index in [2.05, 4.69) is 15.3 Å². The molecule has 1 fully saturated rings. The highest BCUT2D eigenvalue weighted by Gasteiger charge is 2.30. The van der Waals surface area contributed by atoms with Crippen LogP contribution < -0.4 is 5.32 Å². The van der Waals surface area contributed by atoms with E-state index in [1.54, 1.807) is 12.4 Å². The first-order valence-corrected chi connectivity index (χ1v) is 9.30. The van der Waals surface area contributed by atoms with Crippen LogP contribution in [0.5, 0.6) is 0 Å². The summed E-state index contributed by atoms with van der Waals surface area (Å²) in [5.74, 6) is 0.100. The Bertz CT molecular complexity index is 809. The molecule has 0 radical (unpaired) electrons. The van der Waals surface area contributed by atoms with E-state index in [-0.39, 0.29) is 11.8 Å². The van der Waals surface area contributed by atoms with E-state index in [9.17, 15) is 9.59 Å². The third kappa shape index (κ3) is 3.21. The lowest BCUT2D eigenvalue weighted by Gasteiger charge is -2.18. The van der Waals surface area contributed by atoms with Crippen molar-refractivity contribution in [2.24, 2.45) is 0 Å². The van der Waals surface area contributed by atoms with Crippen LogP contribution >= 0.6 is 0 Å². The average Bonchev–Trinajstić information content (AvgIpc) is 3.35. The summed E-state index contributed by atoms with van der Waals surface area (Å²) in [6.07, 6.45) is 8.33. The predicted molar refractivity (Wildman–Crippen MR) is 95.7 cm³/mol. The smallest absolute Gasteiger partial charge is 0.287 e. The molecule has 4 heterocycles. The zero-order chi connectivity index (χ0) is 17.9. The molecule has 7 nitrogen and oxygen atoms in total. The fraction of sp³-hybridized carbons (Fsp3) is 0.474. The number of carbonyl (C=O) groups is 2. The summed E-state index contributed by atoms with van der Waals surface area (Å²) in [7, 11) is 0. The van der Waals surface area contributed by atoms with Gasteiger partial charge in [0.1, 0.15) is 5.69 Å². The van der Waals surface area contributed by atoms with Crippen molar-refractivity contribution >= 4 is 11.8 Å². The second-order valence-corrected chi connectivity index (χ2v) is 6.88. The van der Waals surface area contributed by atoms with Gasteiger partial charge in [-0.3, -0.25) is 14.6 Å². The molecule has 2 aromatic rings. The largest absolute Gasteiger partial charge is 0.345 e. The van der Waals surface area contributed by atoms with Crippen LogP contribution in [-0.4, -0.2) is 44.3 Å². The zero-order valence-corrected chi connectivity index (χ0v) is 14.8. The van der Waals surface area contributed by atoms with Crippen LogP contribution in [0.1, 0.15) is 58.0 Å². The summed E-state index contributed by atoms with van der Waals surface area (Å²) >= 11 is 0. The molecule has 0 bridgehead atoms. The van der Waals surface area contributed by atoms with E-state index in [4.69, 9.17) is 0 Å². The molecule has 4 rings (SSSR count). The Morgan fingerprint density at radius 3 is 2.54 bits per heavy atom. The molecule has 2 aromatic heterocycles. The van der Waals surface area contributed by atoms with E-state index < -0.39 is 0 Å². The Kier molecular flexibility index (Phi) is 4.69. The van der Waals surface area contributed by atoms with E-state index in [1.165, 1.54) is 0 Å². The lowest BCUT2D eigenvalue weighted by molar-refractivity contribution is 0.0786. The van der Waals surface area contributed by atoms with E-state index in [0.717, 1.165) is 63.0 Å². The van der Waals surface area contributed by atoms with Crippen LogP contribution in [0.2, 0.25) is 0 Å². The summed E-state index contributed by atoms with van der Waals surface area (Å²) in [6.45, 7) is 2.73. The van der Waals surface area contributed by atoms with Gasteiger partial charge in [0.15, 0.2) is 5.82 Å². The minimum Gasteiger partial charge on any atom is -0.345 e. The second kappa shape index (κ2) is 7.27. The fourth-order valence-corrected chi connectivity index (χ4v) is 3.72. The van der Waals surface area contributed by atoms with Gasteiger partial charge in [-0.1, -0.05) is 0 Å². The quantitative estimate of drug-likeness (QED) is 0.909. The first kappa shape index (κ1) is 16.8. The molecule has 26 heavy (non-hydrogen) atoms. The molecule has 7 heteroatoms. The third-order valence-corrected chi connectivity index (χ3v) is 5.12. The summed E-state index contributed by atoms with van der Waals surface area (Å²) in [6, 6.07) is 3.73. The summed E-state index contributed by atoms with van der Waals surface area (Å²) in [5.41, 5.74) is 2.37. The van der Waals surface area contributed by atoms with Gasteiger partial charge in [0.2, 0.25) is 0 Å². The van der Waals surface area contributed by atoms with Crippen molar-refractivity contribution < 1.29 is 9.59 Å². The van der Waals surface area contributed by atoms with Crippen LogP contribution in [0, 0.1) is 0 Å². The van der Waals surface area contributed by atoms with Crippen molar-refractivity contribution in [3.8, 4) is 0 Å². The molecule has 2 aliphatic rings. The number of rotatable bonds is 4. The van der Waals surface area contributed by atoms with Gasteiger partial charge in [-0.05, 0) is 49.8 Å². The number of fused-ring (bicyclic) bond motifs is 1. The van der Waals surface area contributed by atoms with E-state index in [1.807, 2.05) is 21.6 Å². The zero-order valence-electron chi connectivity index (χ0n) is 14.8. The normalized spacial score (nSPS) is 16.4. The minimum atomic E-state index is -0.231. The number of nitrogens with one attached hydrogen (secondary N) is 1. The number of amides is 2. The van der Waals surface area contributed by atoms with Gasteiger partial charge in [-0.15, -0.1) is 0 Å². The Morgan fingerprint density at radius 1 is 1.04 bits per heavy atom. The Hall–Kier alpha value is -2.70. The Balaban J connectivity index is 1.57. The van der Waals surface area contributed by atoms with Crippen LogP contribution in [-0.2, 0) is 19.5 Å². The van der Waals surface area contributed by atoms with Gasteiger partial charge in [0.05, 0.1) is 5.69 Å². The highest BCUT2D eigenvalue weighted by Crippen LogP contribution is 2.23. The van der Waals surface area contributed by atoms with Crippen LogP contribution in [0.15, 0.2) is 24.5 Å². The van der Waals surface area contributed by atoms with Crippen molar-refractivity contribution in [1.82, 2.24) is 24.8 Å². The number of hydrogen-bond donors (Lipinski definition) is 1. The monoisotopic (exact) mass is 353 g/mol. The molecule has 0 spiro atoms. The van der Waals surface area contributed by atoms with Gasteiger partial charge >= 0.3 is 0 Å². The first-order valence-electron chi connectivity index (χ1n) is 9.30. The number of aromatic nitrogens is 3. The van der Waals surface area contributed by atoms with Gasteiger partial charge in [-0.25, -0.2) is 4.98 Å². The number of pyridine rings is 1. The van der Waals surface area contributed by atoms with Gasteiger partial charge < -0.3 is 14.8 Å². The number of likely N-dealkylation sites (tertiary alicyclic amines) is 1. The molecule has 0 aromatic carbocycles. The number of hydrogen-bond acceptors (Lipinski definition) is 4. The average molecular weight is 353 g/mol. The topological polar surface area (TPSA) is 80.1 Å². The predicted octanol–water partition coefficient (Wildman–Crippen LogP) is 1.78. The maximum atomic E-state index is 12.8. The summed E-state index contributed by atoms with van der Waals surface area (Å²) in [4.78, 5) is 35.9. The van der Waals surface area contributed by atoms with Gasteiger partial charge in [0, 0.05) is 38.6 Å². The molecule has 0 aliphatic carbocycles. The maximum absolute atomic E-state index is 12.8. The lowest BCUT2D eigenvalue weighted by Crippen LogP contribution is -2.29. The van der Waals surface area contributed by atoms with Crippen LogP contribution in [0.3, 0.4) is 0 Å². The molecular formula is C19H23N5O2. The lowest BCUT2D eigenvalue weighted by atomic mass is 10.1. The Morgan fingerprint density at radius 2 is 1.77 bits per heavy atom. The molecule has 1 N–H and O–H groups in total. The molecule has 0 unspecified atom stereocenters. The van der Waals surface area contributed by atoms with Gasteiger partial charge in [-0.2, -0.15) is 0 Å². The third-order valence-electron chi connectivity index (χ3n) is 5.12. The Labute approximate surface area is 152 Å². The first-order chi connectivity index (χ1) is 12.7. The van der Waals surface area contributed by atoms with E-state index >= 15 is 0 Å². The van der Waals surface area contributed by atoms with Crippen LogP contribution in [0.4, 0.5) is 0 Å². The fourth-order valence-electron chi connectivity index (χ4n) is 3.72. The standard InChI is InChI=1S/C19H23N5O2/c25-18(21-13-14-6-8-20-9-7-14)17-22-16(15-5-1-2-12-24(15)17)19(26)23-10-3-4-11-23/h6-9H,1-5,10-13H2,(H,21,25). The number of nitrogens with zero attached hydrogens (tertiary/aromatic N) is 4. The maximum Gasteiger partial charge on any atom is 0.287 e. The van der Waals surface area contributed by atoms with Crippen molar-refractivity contribution in [1.29, 1.82) is 0 Å². The molecular weight excluding hydrogens is 330 g/mol. The number of imidazole rings is 1. The highest BCUT2D eigenvalue weighted by atomic mass is 16.2. The second-order valence-electron chi connectivity index (χ2n) is 6.88. The molecule has 136 valence electrons. The van der Waals surface area contributed by atoms with Crippen molar-refractivity contribution in [3.63, 3.8) is 0 Å². The highest BCUT2D eigenvalue weighted by molar-refractivity contribution is 5.97.